The first-order valence-electron chi connectivity index (χ1n) is 6.65. The van der Waals surface area contributed by atoms with Crippen LogP contribution in [0.2, 0.25) is 0 Å². The minimum atomic E-state index is -0.442. The molecule has 0 saturated carbocycles. The Bertz CT molecular complexity index is 713. The van der Waals surface area contributed by atoms with E-state index in [4.69, 9.17) is 9.47 Å². The van der Waals surface area contributed by atoms with Crippen molar-refractivity contribution in [2.45, 2.75) is 0 Å². The monoisotopic (exact) mass is 299 g/mol. The summed E-state index contributed by atoms with van der Waals surface area (Å²) < 4.78 is 10.9. The number of nitro benzene ring substituents is 1. The number of hydrogen-bond donors (Lipinski definition) is 1. The van der Waals surface area contributed by atoms with E-state index >= 15 is 0 Å². The molecule has 7 heteroatoms. The van der Waals surface area contributed by atoms with Crippen LogP contribution >= 0.6 is 0 Å². The largest absolute Gasteiger partial charge is 0.486 e. The summed E-state index contributed by atoms with van der Waals surface area (Å²) in [5.41, 5.74) is 4.38. The third kappa shape index (κ3) is 3.14. The van der Waals surface area contributed by atoms with Gasteiger partial charge in [-0.2, -0.15) is 5.10 Å². The van der Waals surface area contributed by atoms with Gasteiger partial charge in [0.05, 0.1) is 16.8 Å². The van der Waals surface area contributed by atoms with Crippen molar-refractivity contribution >= 4 is 17.6 Å². The van der Waals surface area contributed by atoms with E-state index in [1.807, 2.05) is 18.2 Å². The van der Waals surface area contributed by atoms with Gasteiger partial charge in [-0.05, 0) is 35.9 Å². The maximum absolute atomic E-state index is 10.6. The highest BCUT2D eigenvalue weighted by molar-refractivity contribution is 5.81. The highest BCUT2D eigenvalue weighted by atomic mass is 16.6. The minimum absolute atomic E-state index is 0.0429. The number of rotatable bonds is 4. The molecule has 0 fully saturated rings. The smallest absolute Gasteiger partial charge is 0.269 e. The first kappa shape index (κ1) is 13.9. The molecule has 3 rings (SSSR count). The van der Waals surface area contributed by atoms with Gasteiger partial charge in [-0.3, -0.25) is 15.5 Å². The molecule has 0 unspecified atom stereocenters. The molecule has 1 aliphatic heterocycles. The van der Waals surface area contributed by atoms with Crippen molar-refractivity contribution in [3.05, 3.63) is 58.1 Å². The number of anilines is 1. The number of nitrogens with one attached hydrogen (secondary N) is 1. The first-order valence-corrected chi connectivity index (χ1v) is 6.65. The molecule has 2 aromatic rings. The van der Waals surface area contributed by atoms with E-state index in [0.29, 0.717) is 24.7 Å². The maximum Gasteiger partial charge on any atom is 0.269 e. The van der Waals surface area contributed by atoms with Gasteiger partial charge in [-0.25, -0.2) is 0 Å². The van der Waals surface area contributed by atoms with Gasteiger partial charge in [0.25, 0.3) is 5.69 Å². The molecule has 0 aromatic heterocycles. The molecular formula is C15H13N3O4. The van der Waals surface area contributed by atoms with Crippen LogP contribution in [0.3, 0.4) is 0 Å². The summed E-state index contributed by atoms with van der Waals surface area (Å²) in [4.78, 5) is 10.1. The van der Waals surface area contributed by atoms with Gasteiger partial charge in [-0.15, -0.1) is 0 Å². The molecule has 0 amide bonds. The second-order valence-corrected chi connectivity index (χ2v) is 4.58. The molecule has 0 aliphatic carbocycles. The predicted octanol–water partition coefficient (Wildman–Crippen LogP) is 2.81. The Morgan fingerprint density at radius 3 is 2.55 bits per heavy atom. The quantitative estimate of drug-likeness (QED) is 0.533. The van der Waals surface area contributed by atoms with Crippen molar-refractivity contribution in [1.82, 2.24) is 0 Å². The lowest BCUT2D eigenvalue weighted by atomic mass is 10.2. The van der Waals surface area contributed by atoms with Crippen molar-refractivity contribution in [2.24, 2.45) is 5.10 Å². The molecule has 2 aromatic carbocycles. The summed E-state index contributed by atoms with van der Waals surface area (Å²) in [6, 6.07) is 11.6. The summed E-state index contributed by atoms with van der Waals surface area (Å²) in [7, 11) is 0. The molecule has 0 bridgehead atoms. The lowest BCUT2D eigenvalue weighted by molar-refractivity contribution is -0.384. The molecule has 0 spiro atoms. The molecule has 112 valence electrons. The second kappa shape index (κ2) is 6.13. The number of non-ortho nitro benzene ring substituents is 1. The van der Waals surface area contributed by atoms with Gasteiger partial charge in [0.1, 0.15) is 13.2 Å². The van der Waals surface area contributed by atoms with E-state index < -0.39 is 4.92 Å². The zero-order valence-corrected chi connectivity index (χ0v) is 11.6. The zero-order valence-electron chi connectivity index (χ0n) is 11.6. The fourth-order valence-corrected chi connectivity index (χ4v) is 1.98. The third-order valence-corrected chi connectivity index (χ3v) is 3.05. The van der Waals surface area contributed by atoms with Crippen molar-refractivity contribution in [3.8, 4) is 11.5 Å². The maximum atomic E-state index is 10.6. The fourth-order valence-electron chi connectivity index (χ4n) is 1.98. The number of fused-ring (bicyclic) bond motifs is 1. The minimum Gasteiger partial charge on any atom is -0.486 e. The molecule has 22 heavy (non-hydrogen) atoms. The molecular weight excluding hydrogens is 286 g/mol. The number of ether oxygens (including phenoxy) is 2. The number of nitro groups is 1. The topological polar surface area (TPSA) is 86.0 Å². The van der Waals surface area contributed by atoms with Gasteiger partial charge in [0, 0.05) is 12.1 Å². The van der Waals surface area contributed by atoms with E-state index in [1.165, 1.54) is 12.1 Å². The van der Waals surface area contributed by atoms with E-state index in [9.17, 15) is 10.1 Å². The average molecular weight is 299 g/mol. The molecule has 1 N–H and O–H groups in total. The summed E-state index contributed by atoms with van der Waals surface area (Å²) in [5.74, 6) is 1.43. The van der Waals surface area contributed by atoms with E-state index in [2.05, 4.69) is 10.5 Å². The van der Waals surface area contributed by atoms with Crippen LogP contribution in [0.4, 0.5) is 11.4 Å². The van der Waals surface area contributed by atoms with E-state index in [0.717, 1.165) is 11.3 Å². The Morgan fingerprint density at radius 2 is 1.82 bits per heavy atom. The lowest BCUT2D eigenvalue weighted by Crippen LogP contribution is -2.15. The van der Waals surface area contributed by atoms with Crippen LogP contribution in [-0.4, -0.2) is 24.4 Å². The standard InChI is InChI=1S/C15H13N3O4/c19-18(20)13-4-2-12(3-5-13)17-16-10-11-1-6-14-15(9-11)22-8-7-21-14/h1-6,9-10,17H,7-8H2/b16-10+. The highest BCUT2D eigenvalue weighted by Gasteiger charge is 2.10. The van der Waals surface area contributed by atoms with Crippen LogP contribution in [0.1, 0.15) is 5.56 Å². The van der Waals surface area contributed by atoms with Gasteiger partial charge in [0.15, 0.2) is 11.5 Å². The summed E-state index contributed by atoms with van der Waals surface area (Å²) in [5, 5.41) is 14.7. The molecule has 1 aliphatic rings. The molecule has 1 heterocycles. The lowest BCUT2D eigenvalue weighted by Gasteiger charge is -2.18. The van der Waals surface area contributed by atoms with Crippen molar-refractivity contribution in [2.75, 3.05) is 18.6 Å². The second-order valence-electron chi connectivity index (χ2n) is 4.58. The molecule has 0 saturated heterocycles. The number of hydrogen-bond acceptors (Lipinski definition) is 6. The normalized spacial score (nSPS) is 13.1. The summed E-state index contributed by atoms with van der Waals surface area (Å²) in [6.45, 7) is 1.09. The predicted molar refractivity (Wildman–Crippen MR) is 81.7 cm³/mol. The van der Waals surface area contributed by atoms with Gasteiger partial charge >= 0.3 is 0 Å². The van der Waals surface area contributed by atoms with Gasteiger partial charge < -0.3 is 9.47 Å². The third-order valence-electron chi connectivity index (χ3n) is 3.05. The van der Waals surface area contributed by atoms with Crippen LogP contribution in [0.25, 0.3) is 0 Å². The SMILES string of the molecule is O=[N+]([O-])c1ccc(N/N=C/c2ccc3c(c2)OCCO3)cc1. The van der Waals surface area contributed by atoms with Crippen molar-refractivity contribution in [3.63, 3.8) is 0 Å². The number of benzene rings is 2. The van der Waals surface area contributed by atoms with Crippen LogP contribution in [0, 0.1) is 10.1 Å². The Kier molecular flexibility index (Phi) is 3.86. The fraction of sp³-hybridized carbons (Fsp3) is 0.133. The van der Waals surface area contributed by atoms with Crippen LogP contribution < -0.4 is 14.9 Å². The van der Waals surface area contributed by atoms with Crippen LogP contribution in [-0.2, 0) is 0 Å². The summed E-state index contributed by atoms with van der Waals surface area (Å²) in [6.07, 6.45) is 1.64. The Hall–Kier alpha value is -3.09. The van der Waals surface area contributed by atoms with Gasteiger partial charge in [0.2, 0.25) is 0 Å². The van der Waals surface area contributed by atoms with Crippen molar-refractivity contribution < 1.29 is 14.4 Å². The molecule has 0 radical (unpaired) electrons. The van der Waals surface area contributed by atoms with E-state index in [1.54, 1.807) is 18.3 Å². The Morgan fingerprint density at radius 1 is 1.09 bits per heavy atom. The number of nitrogens with zero attached hydrogens (tertiary/aromatic N) is 2. The summed E-state index contributed by atoms with van der Waals surface area (Å²) >= 11 is 0. The molecule has 0 atom stereocenters. The highest BCUT2D eigenvalue weighted by Crippen LogP contribution is 2.30. The zero-order chi connectivity index (χ0) is 15.4. The van der Waals surface area contributed by atoms with E-state index in [-0.39, 0.29) is 5.69 Å². The van der Waals surface area contributed by atoms with Crippen LogP contribution in [0.5, 0.6) is 11.5 Å². The Labute approximate surface area is 126 Å². The number of hydrazone groups is 1. The Balaban J connectivity index is 1.65. The van der Waals surface area contributed by atoms with Crippen LogP contribution in [0.15, 0.2) is 47.6 Å². The van der Waals surface area contributed by atoms with Crippen molar-refractivity contribution in [1.29, 1.82) is 0 Å². The van der Waals surface area contributed by atoms with Gasteiger partial charge in [-0.1, -0.05) is 0 Å². The first-order chi connectivity index (χ1) is 10.7. The average Bonchev–Trinajstić information content (AvgIpc) is 2.55. The molecule has 7 nitrogen and oxygen atoms in total.